The molecule has 7 bridgehead atoms. The van der Waals surface area contributed by atoms with Crippen molar-refractivity contribution >= 4 is 0 Å². The van der Waals surface area contributed by atoms with Crippen LogP contribution in [0.5, 0.6) is 40.2 Å². The second kappa shape index (κ2) is 9.93. The Morgan fingerprint density at radius 2 is 1.35 bits per heavy atom. The number of phenols is 1. The van der Waals surface area contributed by atoms with Gasteiger partial charge in [-0.2, -0.15) is 0 Å². The third-order valence-corrected chi connectivity index (χ3v) is 9.87. The summed E-state index contributed by atoms with van der Waals surface area (Å²) < 4.78 is 25.3. The highest BCUT2D eigenvalue weighted by molar-refractivity contribution is 5.77. The topological polar surface area (TPSA) is 63.6 Å². The monoisotopic (exact) mass is 576 g/mol. The number of aromatic hydroxyl groups is 1. The highest BCUT2D eigenvalue weighted by atomic mass is 16.6. The molecular formula is C36H36N2O5. The number of nitrogens with zero attached hydrogens (tertiary/aromatic N) is 2. The van der Waals surface area contributed by atoms with E-state index in [-0.39, 0.29) is 17.8 Å². The molecule has 4 aliphatic rings. The van der Waals surface area contributed by atoms with Gasteiger partial charge in [0.2, 0.25) is 5.75 Å². The van der Waals surface area contributed by atoms with Crippen LogP contribution in [-0.4, -0.2) is 56.3 Å². The number of rotatable bonds is 2. The maximum Gasteiger partial charge on any atom is 0.212 e. The van der Waals surface area contributed by atoms with Gasteiger partial charge in [-0.3, -0.25) is 9.80 Å². The third-order valence-electron chi connectivity index (χ3n) is 9.87. The van der Waals surface area contributed by atoms with E-state index in [1.165, 1.54) is 16.7 Å². The average Bonchev–Trinajstić information content (AvgIpc) is 3.02. The Bertz CT molecular complexity index is 1780. The molecule has 0 amide bonds. The molecule has 1 N–H and O–H groups in total. The van der Waals surface area contributed by atoms with Crippen LogP contribution in [-0.2, 0) is 25.7 Å². The molecule has 0 fully saturated rings. The van der Waals surface area contributed by atoms with Gasteiger partial charge >= 0.3 is 0 Å². The first-order valence-electron chi connectivity index (χ1n) is 15.1. The van der Waals surface area contributed by atoms with Crippen molar-refractivity contribution in [3.8, 4) is 51.4 Å². The van der Waals surface area contributed by atoms with E-state index in [1.54, 1.807) is 14.2 Å². The lowest BCUT2D eigenvalue weighted by Crippen LogP contribution is -2.34. The molecule has 7 nitrogen and oxygen atoms in total. The highest BCUT2D eigenvalue weighted by Gasteiger charge is 2.37. The fourth-order valence-electron chi connectivity index (χ4n) is 7.48. The zero-order valence-corrected chi connectivity index (χ0v) is 25.1. The summed E-state index contributed by atoms with van der Waals surface area (Å²) in [6.07, 6.45) is 3.39. The van der Waals surface area contributed by atoms with Crippen LogP contribution in [0.3, 0.4) is 0 Å². The summed E-state index contributed by atoms with van der Waals surface area (Å²) in [5.41, 5.74) is 8.90. The van der Waals surface area contributed by atoms with Crippen molar-refractivity contribution in [2.24, 2.45) is 0 Å². The molecule has 0 spiro atoms. The quantitative estimate of drug-likeness (QED) is 0.247. The van der Waals surface area contributed by atoms with E-state index >= 15 is 0 Å². The summed E-state index contributed by atoms with van der Waals surface area (Å²) in [4.78, 5) is 4.82. The number of likely N-dealkylation sites (N-methyl/N-ethyl adjacent to an activating group) is 2. The zero-order chi connectivity index (χ0) is 29.4. The minimum atomic E-state index is 0.0548. The van der Waals surface area contributed by atoms with Crippen LogP contribution in [0.25, 0.3) is 11.1 Å². The molecule has 0 radical (unpaired) electrons. The van der Waals surface area contributed by atoms with Gasteiger partial charge in [0, 0.05) is 41.9 Å². The summed E-state index contributed by atoms with van der Waals surface area (Å²) in [6.45, 7) is 1.87. The molecule has 8 rings (SSSR count). The van der Waals surface area contributed by atoms with Crippen molar-refractivity contribution in [1.82, 2.24) is 9.80 Å². The fourth-order valence-corrected chi connectivity index (χ4v) is 7.48. The van der Waals surface area contributed by atoms with Gasteiger partial charge < -0.3 is 24.1 Å². The van der Waals surface area contributed by atoms with Gasteiger partial charge in [-0.25, -0.2) is 0 Å². The number of hydrogen-bond acceptors (Lipinski definition) is 7. The summed E-state index contributed by atoms with van der Waals surface area (Å²) in [6, 6.07) is 19.0. The van der Waals surface area contributed by atoms with Crippen LogP contribution >= 0.6 is 0 Å². The lowest BCUT2D eigenvalue weighted by Gasteiger charge is -2.39. The van der Waals surface area contributed by atoms with Crippen molar-refractivity contribution in [3.63, 3.8) is 0 Å². The van der Waals surface area contributed by atoms with Gasteiger partial charge in [0.15, 0.2) is 23.0 Å². The number of ether oxygens (including phenoxy) is 4. The predicted molar refractivity (Wildman–Crippen MR) is 165 cm³/mol. The molecule has 7 heteroatoms. The maximum atomic E-state index is 11.1. The van der Waals surface area contributed by atoms with E-state index < -0.39 is 0 Å². The number of methoxy groups -OCH3 is 2. The van der Waals surface area contributed by atoms with Gasteiger partial charge in [-0.15, -0.1) is 0 Å². The van der Waals surface area contributed by atoms with Crippen molar-refractivity contribution in [3.05, 3.63) is 88.0 Å². The molecule has 4 aromatic carbocycles. The molecule has 220 valence electrons. The minimum absolute atomic E-state index is 0.0548. The Labute approximate surface area is 252 Å². The number of phenolic OH excluding ortho intramolecular Hbond substituents is 1. The van der Waals surface area contributed by atoms with Gasteiger partial charge in [0.25, 0.3) is 0 Å². The summed E-state index contributed by atoms with van der Waals surface area (Å²) in [5, 5.41) is 11.1. The first-order chi connectivity index (χ1) is 20.9. The number of fused-ring (bicyclic) bond motifs is 5. The van der Waals surface area contributed by atoms with E-state index in [0.717, 1.165) is 89.6 Å². The lowest BCUT2D eigenvalue weighted by atomic mass is 9.85. The van der Waals surface area contributed by atoms with Crippen molar-refractivity contribution < 1.29 is 24.1 Å². The van der Waals surface area contributed by atoms with E-state index in [4.69, 9.17) is 18.9 Å². The summed E-state index contributed by atoms with van der Waals surface area (Å²) in [5.74, 6) is 4.58. The third kappa shape index (κ3) is 4.17. The zero-order valence-electron chi connectivity index (χ0n) is 25.1. The Balaban J connectivity index is 1.40. The molecule has 0 saturated carbocycles. The number of benzene rings is 4. The maximum absolute atomic E-state index is 11.1. The van der Waals surface area contributed by atoms with Crippen LogP contribution in [0.15, 0.2) is 54.6 Å². The Morgan fingerprint density at radius 3 is 2.14 bits per heavy atom. The first kappa shape index (κ1) is 26.4. The predicted octanol–water partition coefficient (Wildman–Crippen LogP) is 6.83. The Morgan fingerprint density at radius 1 is 0.698 bits per heavy atom. The average molecular weight is 577 g/mol. The number of hydrogen-bond donors (Lipinski definition) is 1. The van der Waals surface area contributed by atoms with Gasteiger partial charge in [-0.05, 0) is 110 Å². The summed E-state index contributed by atoms with van der Waals surface area (Å²) in [7, 11) is 7.75. The lowest BCUT2D eigenvalue weighted by molar-refractivity contribution is 0.218. The van der Waals surface area contributed by atoms with E-state index in [1.807, 2.05) is 18.2 Å². The van der Waals surface area contributed by atoms with Crippen molar-refractivity contribution in [2.45, 2.75) is 37.8 Å². The molecule has 2 atom stereocenters. The molecule has 0 unspecified atom stereocenters. The molecule has 43 heavy (non-hydrogen) atoms. The standard InChI is InChI=1S/C36H36N2O5/c1-37-11-9-22-17-31-32-19-24(22)27(37)15-20-5-7-29(39)25(13-20)26-14-21(6-8-30(26)40-3)16-28-34-23(10-12-38(28)2)18-33(41-4)35(42-31)36(34)43-32/h5-8,13-14,17-19,27-28,39H,9-12,15-16H2,1-4H3/t27-,28-/m1/s1. The SMILES string of the molecule is COc1ccc2cc1-c1cc(ccc1O)C[C@@H]1c3cc4c(cc3CCN1C)Oc1c(OC)cc3c(c1O4)[C@@H](C2)N(C)CC3. The van der Waals surface area contributed by atoms with E-state index in [2.05, 4.69) is 60.3 Å². The molecular weight excluding hydrogens is 540 g/mol. The molecule has 4 heterocycles. The van der Waals surface area contributed by atoms with Gasteiger partial charge in [-0.1, -0.05) is 12.1 Å². The molecule has 4 aliphatic heterocycles. The van der Waals surface area contributed by atoms with Crippen LogP contribution in [0.2, 0.25) is 0 Å². The van der Waals surface area contributed by atoms with Crippen molar-refractivity contribution in [2.75, 3.05) is 41.4 Å². The first-order valence-corrected chi connectivity index (χ1v) is 15.1. The fraction of sp³-hybridized carbons (Fsp3) is 0.333. The van der Waals surface area contributed by atoms with Gasteiger partial charge in [0.1, 0.15) is 11.5 Å². The van der Waals surface area contributed by atoms with E-state index in [9.17, 15) is 5.11 Å². The largest absolute Gasteiger partial charge is 0.507 e. The van der Waals surface area contributed by atoms with Crippen LogP contribution in [0.4, 0.5) is 0 Å². The van der Waals surface area contributed by atoms with E-state index in [0.29, 0.717) is 11.5 Å². The Kier molecular flexibility index (Phi) is 6.10. The Hall–Kier alpha value is -4.20. The molecule has 0 aliphatic carbocycles. The van der Waals surface area contributed by atoms with Crippen LogP contribution in [0, 0.1) is 0 Å². The minimum Gasteiger partial charge on any atom is -0.507 e. The summed E-state index contributed by atoms with van der Waals surface area (Å²) >= 11 is 0. The molecule has 4 aromatic rings. The second-order valence-electron chi connectivity index (χ2n) is 12.3. The van der Waals surface area contributed by atoms with Crippen LogP contribution < -0.4 is 18.9 Å². The van der Waals surface area contributed by atoms with Crippen molar-refractivity contribution in [1.29, 1.82) is 0 Å². The molecule has 0 aromatic heterocycles. The highest BCUT2D eigenvalue weighted by Crippen LogP contribution is 2.56. The van der Waals surface area contributed by atoms with Gasteiger partial charge in [0.05, 0.1) is 14.2 Å². The smallest absolute Gasteiger partial charge is 0.212 e. The van der Waals surface area contributed by atoms with Crippen LogP contribution in [0.1, 0.15) is 45.5 Å². The normalized spacial score (nSPS) is 20.3. The molecule has 0 saturated heterocycles. The second-order valence-corrected chi connectivity index (χ2v) is 12.3.